The number of hydrogen-bond donors (Lipinski definition) is 1. The first-order valence-electron chi connectivity index (χ1n) is 9.82. The molecule has 28 heavy (non-hydrogen) atoms. The third-order valence-corrected chi connectivity index (χ3v) is 5.74. The molecule has 0 saturated carbocycles. The lowest BCUT2D eigenvalue weighted by Crippen LogP contribution is -2.46. The number of hydrogen-bond acceptors (Lipinski definition) is 6. The van der Waals surface area contributed by atoms with Crippen molar-refractivity contribution in [2.75, 3.05) is 26.3 Å². The third-order valence-electron chi connectivity index (χ3n) is 5.74. The van der Waals surface area contributed by atoms with Crippen molar-refractivity contribution in [3.8, 4) is 23.0 Å². The first-order chi connectivity index (χ1) is 13.8. The van der Waals surface area contributed by atoms with Gasteiger partial charge in [0.25, 0.3) is 0 Å². The van der Waals surface area contributed by atoms with Crippen LogP contribution in [0.1, 0.15) is 18.9 Å². The molecule has 1 aromatic carbocycles. The Hall–Kier alpha value is -2.48. The van der Waals surface area contributed by atoms with Crippen LogP contribution in [-0.2, 0) is 4.74 Å². The highest BCUT2D eigenvalue weighted by Crippen LogP contribution is 2.34. The number of benzene rings is 1. The molecule has 0 unspecified atom stereocenters. The molecule has 2 saturated heterocycles. The molecule has 146 valence electrons. The van der Waals surface area contributed by atoms with Gasteiger partial charge in [0.05, 0.1) is 12.7 Å². The van der Waals surface area contributed by atoms with Crippen molar-refractivity contribution in [1.29, 1.82) is 0 Å². The van der Waals surface area contributed by atoms with Crippen LogP contribution in [0.15, 0.2) is 53.4 Å². The second-order valence-electron chi connectivity index (χ2n) is 7.53. The molecule has 7 nitrogen and oxygen atoms in total. The van der Waals surface area contributed by atoms with E-state index >= 15 is 0 Å². The fourth-order valence-electron chi connectivity index (χ4n) is 4.33. The minimum Gasteiger partial charge on any atom is -0.444 e. The number of imidazole rings is 1. The summed E-state index contributed by atoms with van der Waals surface area (Å²) in [5, 5.41) is 9.18. The van der Waals surface area contributed by atoms with Crippen molar-refractivity contribution in [2.24, 2.45) is 0 Å². The van der Waals surface area contributed by atoms with Gasteiger partial charge in [0.1, 0.15) is 12.0 Å². The number of rotatable bonds is 5. The molecule has 3 aromatic rings. The molecule has 2 aliphatic heterocycles. The fraction of sp³-hybridized carbons (Fsp3) is 0.429. The van der Waals surface area contributed by atoms with Gasteiger partial charge in [-0.2, -0.15) is 0 Å². The van der Waals surface area contributed by atoms with Crippen molar-refractivity contribution >= 4 is 0 Å². The Kier molecular flexibility index (Phi) is 4.72. The predicted molar refractivity (Wildman–Crippen MR) is 104 cm³/mol. The van der Waals surface area contributed by atoms with Crippen LogP contribution in [0.5, 0.6) is 0 Å². The van der Waals surface area contributed by atoms with Gasteiger partial charge in [0, 0.05) is 49.7 Å². The van der Waals surface area contributed by atoms with Gasteiger partial charge < -0.3 is 18.8 Å². The summed E-state index contributed by atoms with van der Waals surface area (Å²) in [7, 11) is 0. The monoisotopic (exact) mass is 380 g/mol. The summed E-state index contributed by atoms with van der Waals surface area (Å²) < 4.78 is 13.8. The summed E-state index contributed by atoms with van der Waals surface area (Å²) in [6, 6.07) is 10.6. The summed E-state index contributed by atoms with van der Waals surface area (Å²) in [6.45, 7) is 2.75. The van der Waals surface area contributed by atoms with E-state index in [1.165, 1.54) is 0 Å². The van der Waals surface area contributed by atoms with Crippen LogP contribution in [0.2, 0.25) is 0 Å². The van der Waals surface area contributed by atoms with Crippen LogP contribution < -0.4 is 0 Å². The number of oxazole rings is 1. The topological polar surface area (TPSA) is 76.5 Å². The largest absolute Gasteiger partial charge is 0.444 e. The molecule has 0 bridgehead atoms. The van der Waals surface area contributed by atoms with E-state index < -0.39 is 0 Å². The first-order valence-corrected chi connectivity index (χ1v) is 9.82. The zero-order valence-corrected chi connectivity index (χ0v) is 15.6. The Morgan fingerprint density at radius 1 is 1.14 bits per heavy atom. The highest BCUT2D eigenvalue weighted by molar-refractivity contribution is 5.58. The van der Waals surface area contributed by atoms with Gasteiger partial charge in [0.2, 0.25) is 5.89 Å². The molecule has 0 radical (unpaired) electrons. The summed E-state index contributed by atoms with van der Waals surface area (Å²) in [5.41, 5.74) is 1.71. The first kappa shape index (κ1) is 17.6. The molecule has 1 N–H and O–H groups in total. The van der Waals surface area contributed by atoms with Crippen LogP contribution in [-0.4, -0.2) is 63.0 Å². The smallest absolute Gasteiger partial charge is 0.226 e. The number of aromatic nitrogens is 3. The van der Waals surface area contributed by atoms with Crippen molar-refractivity contribution in [3.63, 3.8) is 0 Å². The Morgan fingerprint density at radius 3 is 2.89 bits per heavy atom. The van der Waals surface area contributed by atoms with Crippen LogP contribution in [0.3, 0.4) is 0 Å². The van der Waals surface area contributed by atoms with E-state index in [0.29, 0.717) is 24.4 Å². The second-order valence-corrected chi connectivity index (χ2v) is 7.53. The van der Waals surface area contributed by atoms with Crippen molar-refractivity contribution in [1.82, 2.24) is 19.4 Å². The molecular weight excluding hydrogens is 356 g/mol. The standard InChI is InChI=1S/C21H24N4O3/c26-9-6-18-12-24-11-16(10-17(24)13-27-18)25-8-7-22-20(25)19-14-28-21(23-19)15-4-2-1-3-5-15/h1-5,7-8,14,16-18,26H,6,9-13H2/t16-,17-,18-/m0/s1. The zero-order chi connectivity index (χ0) is 18.9. The molecule has 2 aromatic heterocycles. The Labute approximate surface area is 163 Å². The number of aliphatic hydroxyl groups is 1. The maximum absolute atomic E-state index is 9.18. The molecule has 4 heterocycles. The minimum absolute atomic E-state index is 0.131. The summed E-state index contributed by atoms with van der Waals surface area (Å²) in [4.78, 5) is 11.7. The van der Waals surface area contributed by atoms with E-state index in [1.54, 1.807) is 6.26 Å². The SMILES string of the molecule is OCC[C@H]1CN2C[C@@H](n3ccnc3-c3coc(-c4ccccc4)n3)C[C@H]2CO1. The predicted octanol–water partition coefficient (Wildman–Crippen LogP) is 2.60. The van der Waals surface area contributed by atoms with Crippen molar-refractivity contribution in [2.45, 2.75) is 31.0 Å². The second kappa shape index (κ2) is 7.50. The quantitative estimate of drug-likeness (QED) is 0.733. The van der Waals surface area contributed by atoms with E-state index in [1.807, 2.05) is 42.7 Å². The molecular formula is C21H24N4O3. The molecule has 0 amide bonds. The van der Waals surface area contributed by atoms with Gasteiger partial charge in [0.15, 0.2) is 5.82 Å². The Bertz CT molecular complexity index is 923. The summed E-state index contributed by atoms with van der Waals surface area (Å²) in [5.74, 6) is 1.44. The van der Waals surface area contributed by atoms with E-state index in [-0.39, 0.29) is 12.7 Å². The van der Waals surface area contributed by atoms with E-state index in [9.17, 15) is 5.11 Å². The number of aliphatic hydroxyl groups excluding tert-OH is 1. The van der Waals surface area contributed by atoms with Gasteiger partial charge in [-0.3, -0.25) is 4.90 Å². The Balaban J connectivity index is 1.35. The van der Waals surface area contributed by atoms with Gasteiger partial charge in [-0.15, -0.1) is 0 Å². The number of ether oxygens (including phenoxy) is 1. The molecule has 7 heteroatoms. The fourth-order valence-corrected chi connectivity index (χ4v) is 4.33. The zero-order valence-electron chi connectivity index (χ0n) is 15.6. The van der Waals surface area contributed by atoms with Crippen molar-refractivity contribution < 1.29 is 14.3 Å². The number of morpholine rings is 1. The van der Waals surface area contributed by atoms with Crippen LogP contribution in [0, 0.1) is 0 Å². The highest BCUT2D eigenvalue weighted by atomic mass is 16.5. The molecule has 5 rings (SSSR count). The maximum Gasteiger partial charge on any atom is 0.226 e. The van der Waals surface area contributed by atoms with E-state index in [0.717, 1.165) is 43.2 Å². The summed E-state index contributed by atoms with van der Waals surface area (Å²) in [6.07, 6.45) is 7.40. The number of nitrogens with zero attached hydrogens (tertiary/aromatic N) is 4. The molecule has 3 atom stereocenters. The van der Waals surface area contributed by atoms with E-state index in [2.05, 4.69) is 19.4 Å². The highest BCUT2D eigenvalue weighted by Gasteiger charge is 2.38. The van der Waals surface area contributed by atoms with Crippen LogP contribution in [0.4, 0.5) is 0 Å². The number of fused-ring (bicyclic) bond motifs is 1. The lowest BCUT2D eigenvalue weighted by molar-refractivity contribution is -0.0567. The van der Waals surface area contributed by atoms with Gasteiger partial charge in [-0.25, -0.2) is 9.97 Å². The minimum atomic E-state index is 0.131. The van der Waals surface area contributed by atoms with Crippen LogP contribution in [0.25, 0.3) is 23.0 Å². The van der Waals surface area contributed by atoms with Crippen molar-refractivity contribution in [3.05, 3.63) is 49.0 Å². The third kappa shape index (κ3) is 3.26. The molecule has 0 aliphatic carbocycles. The summed E-state index contributed by atoms with van der Waals surface area (Å²) >= 11 is 0. The van der Waals surface area contributed by atoms with Gasteiger partial charge in [-0.05, 0) is 25.0 Å². The maximum atomic E-state index is 9.18. The average molecular weight is 380 g/mol. The normalized spacial score (nSPS) is 25.1. The molecule has 2 fully saturated rings. The van der Waals surface area contributed by atoms with Gasteiger partial charge >= 0.3 is 0 Å². The average Bonchev–Trinajstić information content (AvgIpc) is 3.46. The van der Waals surface area contributed by atoms with E-state index in [4.69, 9.17) is 9.15 Å². The van der Waals surface area contributed by atoms with Crippen LogP contribution >= 0.6 is 0 Å². The molecule has 2 aliphatic rings. The van der Waals surface area contributed by atoms with Gasteiger partial charge in [-0.1, -0.05) is 18.2 Å². The molecule has 0 spiro atoms. The Morgan fingerprint density at radius 2 is 2.04 bits per heavy atom. The lowest BCUT2D eigenvalue weighted by Gasteiger charge is -2.34. The lowest BCUT2D eigenvalue weighted by atomic mass is 10.1.